The highest BCUT2D eigenvalue weighted by Crippen LogP contribution is 2.23. The van der Waals surface area contributed by atoms with Crippen molar-refractivity contribution in [2.45, 2.75) is 20.3 Å². The first kappa shape index (κ1) is 16.0. The summed E-state index contributed by atoms with van der Waals surface area (Å²) >= 11 is 3.52. The topological polar surface area (TPSA) is 62.5 Å². The number of carbonyl (C=O) groups excluding carboxylic acids is 1. The molecular weight excluding hydrogens is 360 g/mol. The molecule has 23 heavy (non-hydrogen) atoms. The predicted octanol–water partition coefficient (Wildman–Crippen LogP) is 2.34. The van der Waals surface area contributed by atoms with E-state index in [1.54, 1.807) is 6.92 Å². The van der Waals surface area contributed by atoms with Gasteiger partial charge in [-0.2, -0.15) is 4.98 Å². The summed E-state index contributed by atoms with van der Waals surface area (Å²) in [5, 5.41) is 3.78. The summed E-state index contributed by atoms with van der Waals surface area (Å²) in [4.78, 5) is 20.6. The van der Waals surface area contributed by atoms with E-state index in [0.717, 1.165) is 17.6 Å². The van der Waals surface area contributed by atoms with Gasteiger partial charge in [0, 0.05) is 43.3 Å². The van der Waals surface area contributed by atoms with Crippen LogP contribution in [-0.4, -0.2) is 47.1 Å². The van der Waals surface area contributed by atoms with E-state index in [-0.39, 0.29) is 12.3 Å². The number of piperazine rings is 1. The fourth-order valence-electron chi connectivity index (χ4n) is 2.70. The van der Waals surface area contributed by atoms with Crippen LogP contribution in [-0.2, 0) is 11.2 Å². The minimum Gasteiger partial charge on any atom is -0.368 e. The summed E-state index contributed by atoms with van der Waals surface area (Å²) in [6, 6.07) is 6.35. The first-order valence-corrected chi connectivity index (χ1v) is 8.40. The van der Waals surface area contributed by atoms with Crippen molar-refractivity contribution in [2.24, 2.45) is 0 Å². The summed E-state index contributed by atoms with van der Waals surface area (Å²) in [5.74, 6) is 0.999. The summed E-state index contributed by atoms with van der Waals surface area (Å²) in [6.07, 6.45) is 0.203. The lowest BCUT2D eigenvalue weighted by Gasteiger charge is -2.36. The number of rotatable bonds is 3. The van der Waals surface area contributed by atoms with Crippen molar-refractivity contribution in [3.05, 3.63) is 40.0 Å². The molecule has 2 aromatic rings. The number of nitrogens with zero attached hydrogens (tertiary/aromatic N) is 4. The molecule has 1 aliphatic rings. The molecule has 0 atom stereocenters. The van der Waals surface area contributed by atoms with Gasteiger partial charge in [-0.05, 0) is 30.7 Å². The molecule has 1 aromatic carbocycles. The molecule has 1 aliphatic heterocycles. The van der Waals surface area contributed by atoms with E-state index in [1.165, 1.54) is 11.3 Å². The lowest BCUT2D eigenvalue weighted by atomic mass is 10.2. The van der Waals surface area contributed by atoms with Crippen LogP contribution >= 0.6 is 15.9 Å². The average Bonchev–Trinajstić information content (AvgIpc) is 2.95. The van der Waals surface area contributed by atoms with Crippen LogP contribution in [0.15, 0.2) is 27.2 Å². The van der Waals surface area contributed by atoms with Crippen molar-refractivity contribution < 1.29 is 9.32 Å². The number of aryl methyl sites for hydroxylation is 2. The number of anilines is 1. The number of aromatic nitrogens is 2. The SMILES string of the molecule is Cc1nc(CC(=O)N2CCN(c3ccc(Br)c(C)c3)CC2)no1. The fraction of sp³-hybridized carbons (Fsp3) is 0.438. The smallest absolute Gasteiger partial charge is 0.230 e. The number of hydrogen-bond acceptors (Lipinski definition) is 5. The van der Waals surface area contributed by atoms with E-state index in [4.69, 9.17) is 4.52 Å². The predicted molar refractivity (Wildman–Crippen MR) is 90.4 cm³/mol. The molecule has 1 amide bonds. The fourth-order valence-corrected chi connectivity index (χ4v) is 2.95. The van der Waals surface area contributed by atoms with Crippen molar-refractivity contribution in [3.8, 4) is 0 Å². The molecule has 6 nitrogen and oxygen atoms in total. The van der Waals surface area contributed by atoms with Crippen molar-refractivity contribution in [1.82, 2.24) is 15.0 Å². The molecule has 0 radical (unpaired) electrons. The third-order valence-corrected chi connectivity index (χ3v) is 4.91. The maximum absolute atomic E-state index is 12.3. The zero-order valence-electron chi connectivity index (χ0n) is 13.3. The largest absolute Gasteiger partial charge is 0.368 e. The van der Waals surface area contributed by atoms with Gasteiger partial charge in [-0.15, -0.1) is 0 Å². The average molecular weight is 379 g/mol. The standard InChI is InChI=1S/C16H19BrN4O2/c1-11-9-13(3-4-14(11)17)20-5-7-21(8-6-20)16(22)10-15-18-12(2)23-19-15/h3-4,9H,5-8,10H2,1-2H3. The molecule has 2 heterocycles. The molecule has 0 saturated carbocycles. The maximum atomic E-state index is 12.3. The normalized spacial score (nSPS) is 15.1. The first-order valence-electron chi connectivity index (χ1n) is 7.61. The van der Waals surface area contributed by atoms with E-state index < -0.39 is 0 Å². The third kappa shape index (κ3) is 3.72. The molecule has 0 bridgehead atoms. The van der Waals surface area contributed by atoms with Crippen molar-refractivity contribution >= 4 is 27.5 Å². The number of amides is 1. The molecular formula is C16H19BrN4O2. The number of benzene rings is 1. The molecule has 0 aliphatic carbocycles. The zero-order valence-corrected chi connectivity index (χ0v) is 14.8. The molecule has 0 unspecified atom stereocenters. The van der Waals surface area contributed by atoms with Crippen LogP contribution in [0.2, 0.25) is 0 Å². The van der Waals surface area contributed by atoms with Crippen molar-refractivity contribution in [3.63, 3.8) is 0 Å². The quantitative estimate of drug-likeness (QED) is 0.819. The van der Waals surface area contributed by atoms with Crippen LogP contribution in [0.3, 0.4) is 0 Å². The second-order valence-electron chi connectivity index (χ2n) is 5.71. The number of halogens is 1. The zero-order chi connectivity index (χ0) is 16.4. The van der Waals surface area contributed by atoms with Gasteiger partial charge >= 0.3 is 0 Å². The highest BCUT2D eigenvalue weighted by molar-refractivity contribution is 9.10. The van der Waals surface area contributed by atoms with Gasteiger partial charge in [0.2, 0.25) is 11.8 Å². The van der Waals surface area contributed by atoms with Gasteiger partial charge in [-0.25, -0.2) is 0 Å². The van der Waals surface area contributed by atoms with Gasteiger partial charge in [-0.1, -0.05) is 21.1 Å². The maximum Gasteiger partial charge on any atom is 0.230 e. The lowest BCUT2D eigenvalue weighted by Crippen LogP contribution is -2.49. The molecule has 0 spiro atoms. The molecule has 122 valence electrons. The Morgan fingerprint density at radius 3 is 2.61 bits per heavy atom. The van der Waals surface area contributed by atoms with Gasteiger partial charge in [0.05, 0.1) is 6.42 Å². The Hall–Kier alpha value is -1.89. The Labute approximate surface area is 143 Å². The summed E-state index contributed by atoms with van der Waals surface area (Å²) < 4.78 is 6.02. The molecule has 3 rings (SSSR count). The van der Waals surface area contributed by atoms with E-state index in [9.17, 15) is 4.79 Å². The molecule has 1 aromatic heterocycles. The number of carbonyl (C=O) groups is 1. The Bertz CT molecular complexity index is 708. The lowest BCUT2D eigenvalue weighted by molar-refractivity contribution is -0.130. The Balaban J connectivity index is 1.57. The summed E-state index contributed by atoms with van der Waals surface area (Å²) in [6.45, 7) is 6.89. The van der Waals surface area contributed by atoms with Crippen LogP contribution in [0.1, 0.15) is 17.3 Å². The minimum atomic E-state index is 0.0532. The van der Waals surface area contributed by atoms with E-state index in [0.29, 0.717) is 24.8 Å². The monoisotopic (exact) mass is 378 g/mol. The highest BCUT2D eigenvalue weighted by atomic mass is 79.9. The highest BCUT2D eigenvalue weighted by Gasteiger charge is 2.22. The van der Waals surface area contributed by atoms with Crippen LogP contribution < -0.4 is 4.90 Å². The minimum absolute atomic E-state index is 0.0532. The molecule has 7 heteroatoms. The molecule has 1 saturated heterocycles. The van der Waals surface area contributed by atoms with Gasteiger partial charge in [0.25, 0.3) is 0 Å². The second-order valence-corrected chi connectivity index (χ2v) is 6.56. The van der Waals surface area contributed by atoms with Gasteiger partial charge < -0.3 is 14.3 Å². The Morgan fingerprint density at radius 2 is 2.00 bits per heavy atom. The van der Waals surface area contributed by atoms with Crippen LogP contribution in [0.25, 0.3) is 0 Å². The number of hydrogen-bond donors (Lipinski definition) is 0. The Kier molecular flexibility index (Phi) is 4.66. The van der Waals surface area contributed by atoms with Crippen LogP contribution in [0.5, 0.6) is 0 Å². The Morgan fingerprint density at radius 1 is 1.26 bits per heavy atom. The third-order valence-electron chi connectivity index (χ3n) is 4.02. The van der Waals surface area contributed by atoms with Crippen LogP contribution in [0, 0.1) is 13.8 Å². The second kappa shape index (κ2) is 6.70. The summed E-state index contributed by atoms with van der Waals surface area (Å²) in [5.41, 5.74) is 2.42. The van der Waals surface area contributed by atoms with Gasteiger partial charge in [-0.3, -0.25) is 4.79 Å². The van der Waals surface area contributed by atoms with Crippen LogP contribution in [0.4, 0.5) is 5.69 Å². The summed E-state index contributed by atoms with van der Waals surface area (Å²) in [7, 11) is 0. The van der Waals surface area contributed by atoms with E-state index in [2.05, 4.69) is 56.1 Å². The molecule has 1 fully saturated rings. The molecule has 0 N–H and O–H groups in total. The van der Waals surface area contributed by atoms with Gasteiger partial charge in [0.1, 0.15) is 0 Å². The van der Waals surface area contributed by atoms with Gasteiger partial charge in [0.15, 0.2) is 5.82 Å². The van der Waals surface area contributed by atoms with Crippen molar-refractivity contribution in [2.75, 3.05) is 31.1 Å². The van der Waals surface area contributed by atoms with E-state index >= 15 is 0 Å². The first-order chi connectivity index (χ1) is 11.0. The van der Waals surface area contributed by atoms with Crippen molar-refractivity contribution in [1.29, 1.82) is 0 Å². The van der Waals surface area contributed by atoms with E-state index in [1.807, 2.05) is 4.90 Å².